The van der Waals surface area contributed by atoms with Gasteiger partial charge in [0.05, 0.1) is 6.61 Å². The summed E-state index contributed by atoms with van der Waals surface area (Å²) in [5.41, 5.74) is 0.739. The van der Waals surface area contributed by atoms with Gasteiger partial charge in [-0.1, -0.05) is 13.3 Å². The SMILES string of the molecule is CCCCOc1ccc(C(=O)N(C)C(C)C2CC2)cc1. The van der Waals surface area contributed by atoms with Crippen molar-refractivity contribution in [2.45, 2.75) is 45.6 Å². The highest BCUT2D eigenvalue weighted by Crippen LogP contribution is 2.35. The number of benzene rings is 1. The van der Waals surface area contributed by atoms with E-state index < -0.39 is 0 Å². The molecular formula is C17H25NO2. The third-order valence-electron chi connectivity index (χ3n) is 4.10. The molecule has 0 heterocycles. The average Bonchev–Trinajstić information content (AvgIpc) is 3.30. The Kier molecular flexibility index (Phi) is 5.05. The first-order valence-corrected chi connectivity index (χ1v) is 7.63. The number of hydrogen-bond donors (Lipinski definition) is 0. The van der Waals surface area contributed by atoms with Crippen LogP contribution < -0.4 is 4.74 Å². The zero-order chi connectivity index (χ0) is 14.5. The number of carbonyl (C=O) groups is 1. The molecule has 2 rings (SSSR count). The first-order chi connectivity index (χ1) is 9.63. The monoisotopic (exact) mass is 275 g/mol. The Labute approximate surface area is 121 Å². The van der Waals surface area contributed by atoms with Gasteiger partial charge in [-0.2, -0.15) is 0 Å². The molecule has 110 valence electrons. The summed E-state index contributed by atoms with van der Waals surface area (Å²) in [7, 11) is 1.90. The molecule has 0 saturated heterocycles. The Morgan fingerprint density at radius 3 is 2.55 bits per heavy atom. The normalized spacial score (nSPS) is 15.8. The van der Waals surface area contributed by atoms with Crippen molar-refractivity contribution in [2.75, 3.05) is 13.7 Å². The van der Waals surface area contributed by atoms with Gasteiger partial charge in [0.2, 0.25) is 0 Å². The van der Waals surface area contributed by atoms with Gasteiger partial charge >= 0.3 is 0 Å². The molecule has 1 amide bonds. The van der Waals surface area contributed by atoms with Crippen molar-refractivity contribution < 1.29 is 9.53 Å². The molecule has 1 aromatic carbocycles. The minimum Gasteiger partial charge on any atom is -0.494 e. The molecule has 20 heavy (non-hydrogen) atoms. The molecule has 0 radical (unpaired) electrons. The molecule has 0 N–H and O–H groups in total. The van der Waals surface area contributed by atoms with Crippen LogP contribution in [0.5, 0.6) is 5.75 Å². The third kappa shape index (κ3) is 3.75. The van der Waals surface area contributed by atoms with E-state index in [1.165, 1.54) is 12.8 Å². The fourth-order valence-electron chi connectivity index (χ4n) is 2.31. The smallest absolute Gasteiger partial charge is 0.253 e. The van der Waals surface area contributed by atoms with E-state index in [0.29, 0.717) is 12.0 Å². The fraction of sp³-hybridized carbons (Fsp3) is 0.588. The fourth-order valence-corrected chi connectivity index (χ4v) is 2.31. The highest BCUT2D eigenvalue weighted by atomic mass is 16.5. The van der Waals surface area contributed by atoms with Crippen LogP contribution in [0.15, 0.2) is 24.3 Å². The van der Waals surface area contributed by atoms with E-state index in [2.05, 4.69) is 13.8 Å². The lowest BCUT2D eigenvalue weighted by Crippen LogP contribution is -2.36. The summed E-state index contributed by atoms with van der Waals surface area (Å²) in [5.74, 6) is 1.64. The van der Waals surface area contributed by atoms with Crippen molar-refractivity contribution in [2.24, 2.45) is 5.92 Å². The van der Waals surface area contributed by atoms with Crippen LogP contribution in [0.2, 0.25) is 0 Å². The van der Waals surface area contributed by atoms with Crippen LogP contribution >= 0.6 is 0 Å². The van der Waals surface area contributed by atoms with Gasteiger partial charge in [-0.05, 0) is 56.4 Å². The molecule has 1 atom stereocenters. The Hall–Kier alpha value is -1.51. The van der Waals surface area contributed by atoms with Crippen LogP contribution in [0.3, 0.4) is 0 Å². The third-order valence-corrected chi connectivity index (χ3v) is 4.10. The van der Waals surface area contributed by atoms with Crippen molar-refractivity contribution in [1.29, 1.82) is 0 Å². The van der Waals surface area contributed by atoms with Gasteiger partial charge in [-0.25, -0.2) is 0 Å². The second-order valence-corrected chi connectivity index (χ2v) is 5.72. The maximum atomic E-state index is 12.4. The lowest BCUT2D eigenvalue weighted by Gasteiger charge is -2.25. The van der Waals surface area contributed by atoms with Gasteiger partial charge in [-0.15, -0.1) is 0 Å². The quantitative estimate of drug-likeness (QED) is 0.709. The lowest BCUT2D eigenvalue weighted by atomic mass is 10.1. The second kappa shape index (κ2) is 6.78. The first-order valence-electron chi connectivity index (χ1n) is 7.63. The molecule has 3 heteroatoms. The van der Waals surface area contributed by atoms with E-state index in [4.69, 9.17) is 4.74 Å². The molecule has 0 spiro atoms. The molecule has 0 aromatic heterocycles. The molecule has 0 aliphatic heterocycles. The highest BCUT2D eigenvalue weighted by Gasteiger charge is 2.32. The molecule has 0 bridgehead atoms. The second-order valence-electron chi connectivity index (χ2n) is 5.72. The summed E-state index contributed by atoms with van der Waals surface area (Å²) in [6, 6.07) is 7.83. The minimum atomic E-state index is 0.101. The van der Waals surface area contributed by atoms with Gasteiger partial charge < -0.3 is 9.64 Å². The Morgan fingerprint density at radius 1 is 1.35 bits per heavy atom. The van der Waals surface area contributed by atoms with E-state index in [0.717, 1.165) is 30.8 Å². The molecule has 3 nitrogen and oxygen atoms in total. The van der Waals surface area contributed by atoms with Crippen LogP contribution in [-0.2, 0) is 0 Å². The van der Waals surface area contributed by atoms with Gasteiger partial charge in [0, 0.05) is 18.7 Å². The summed E-state index contributed by atoms with van der Waals surface area (Å²) in [4.78, 5) is 14.2. The van der Waals surface area contributed by atoms with Crippen molar-refractivity contribution >= 4 is 5.91 Å². The molecule has 1 aliphatic rings. The number of amides is 1. The van der Waals surface area contributed by atoms with Crippen molar-refractivity contribution in [3.63, 3.8) is 0 Å². The Bertz CT molecular complexity index is 437. The van der Waals surface area contributed by atoms with Gasteiger partial charge in [-0.3, -0.25) is 4.79 Å². The van der Waals surface area contributed by atoms with Gasteiger partial charge in [0.15, 0.2) is 0 Å². The standard InChI is InChI=1S/C17H25NO2/c1-4-5-12-20-16-10-8-15(9-11-16)17(19)18(3)13(2)14-6-7-14/h8-11,13-14H,4-7,12H2,1-3H3. The summed E-state index contributed by atoms with van der Waals surface area (Å²) < 4.78 is 5.61. The summed E-state index contributed by atoms with van der Waals surface area (Å²) >= 11 is 0. The van der Waals surface area contributed by atoms with Crippen molar-refractivity contribution in [3.05, 3.63) is 29.8 Å². The van der Waals surface area contributed by atoms with Crippen LogP contribution in [0.25, 0.3) is 0 Å². The van der Waals surface area contributed by atoms with E-state index in [1.807, 2.05) is 36.2 Å². The molecule has 1 unspecified atom stereocenters. The predicted molar refractivity (Wildman–Crippen MR) is 81.1 cm³/mol. The maximum Gasteiger partial charge on any atom is 0.253 e. The van der Waals surface area contributed by atoms with E-state index in [-0.39, 0.29) is 5.91 Å². The number of unbranched alkanes of at least 4 members (excludes halogenated alkanes) is 1. The van der Waals surface area contributed by atoms with Crippen LogP contribution in [-0.4, -0.2) is 30.5 Å². The highest BCUT2D eigenvalue weighted by molar-refractivity contribution is 5.94. The molecule has 1 aromatic rings. The summed E-state index contributed by atoms with van der Waals surface area (Å²) in [5, 5.41) is 0. The van der Waals surface area contributed by atoms with E-state index >= 15 is 0 Å². The van der Waals surface area contributed by atoms with Crippen LogP contribution in [0.1, 0.15) is 49.9 Å². The number of carbonyl (C=O) groups excluding carboxylic acids is 1. The Morgan fingerprint density at radius 2 is 2.00 bits per heavy atom. The van der Waals surface area contributed by atoms with Crippen LogP contribution in [0, 0.1) is 5.92 Å². The topological polar surface area (TPSA) is 29.5 Å². The molecule has 1 fully saturated rings. The average molecular weight is 275 g/mol. The molecule has 1 aliphatic carbocycles. The van der Waals surface area contributed by atoms with E-state index in [9.17, 15) is 4.79 Å². The largest absolute Gasteiger partial charge is 0.494 e. The maximum absolute atomic E-state index is 12.4. The van der Waals surface area contributed by atoms with Crippen LogP contribution in [0.4, 0.5) is 0 Å². The number of ether oxygens (including phenoxy) is 1. The minimum absolute atomic E-state index is 0.101. The number of hydrogen-bond acceptors (Lipinski definition) is 2. The summed E-state index contributed by atoms with van der Waals surface area (Å²) in [6.07, 6.45) is 4.69. The Balaban J connectivity index is 1.92. The van der Waals surface area contributed by atoms with Gasteiger partial charge in [0.1, 0.15) is 5.75 Å². The van der Waals surface area contributed by atoms with Crippen molar-refractivity contribution in [1.82, 2.24) is 4.90 Å². The van der Waals surface area contributed by atoms with E-state index in [1.54, 1.807) is 0 Å². The summed E-state index contributed by atoms with van der Waals surface area (Å²) in [6.45, 7) is 5.02. The lowest BCUT2D eigenvalue weighted by molar-refractivity contribution is 0.0727. The van der Waals surface area contributed by atoms with Gasteiger partial charge in [0.25, 0.3) is 5.91 Å². The first kappa shape index (κ1) is 14.9. The zero-order valence-electron chi connectivity index (χ0n) is 12.8. The number of nitrogens with zero attached hydrogens (tertiary/aromatic N) is 1. The molecular weight excluding hydrogens is 250 g/mol. The zero-order valence-corrected chi connectivity index (χ0v) is 12.8. The number of rotatable bonds is 7. The predicted octanol–water partition coefficient (Wildman–Crippen LogP) is 3.74. The molecule has 1 saturated carbocycles. The van der Waals surface area contributed by atoms with Crippen molar-refractivity contribution in [3.8, 4) is 5.75 Å².